The van der Waals surface area contributed by atoms with Gasteiger partial charge in [0, 0.05) is 12.1 Å². The van der Waals surface area contributed by atoms with Crippen LogP contribution in [-0.4, -0.2) is 25.0 Å². The first-order valence-corrected chi connectivity index (χ1v) is 8.85. The highest BCUT2D eigenvalue weighted by atomic mass is 16.5. The van der Waals surface area contributed by atoms with Crippen LogP contribution in [0.2, 0.25) is 0 Å². The number of ether oxygens (including phenoxy) is 1. The smallest absolute Gasteiger partial charge is 0.265 e. The first kappa shape index (κ1) is 18.0. The molecular formula is C21H24N2O3. The fourth-order valence-corrected chi connectivity index (χ4v) is 2.83. The van der Waals surface area contributed by atoms with E-state index in [-0.39, 0.29) is 18.4 Å². The van der Waals surface area contributed by atoms with Crippen molar-refractivity contribution in [3.8, 4) is 5.75 Å². The van der Waals surface area contributed by atoms with Crippen LogP contribution in [0.25, 0.3) is 0 Å². The quantitative estimate of drug-likeness (QED) is 0.898. The maximum Gasteiger partial charge on any atom is 0.265 e. The first-order chi connectivity index (χ1) is 12.4. The van der Waals surface area contributed by atoms with Crippen molar-refractivity contribution in [1.82, 2.24) is 5.32 Å². The monoisotopic (exact) mass is 352 g/mol. The fourth-order valence-electron chi connectivity index (χ4n) is 2.83. The lowest BCUT2D eigenvalue weighted by Crippen LogP contribution is -2.38. The van der Waals surface area contributed by atoms with Gasteiger partial charge in [-0.2, -0.15) is 0 Å². The SMILES string of the molecule is Cc1ccc2c(c1)N(Cc1ccc(C(=O)NCC(C)C)cc1)C(=O)CO2. The number of nitrogens with one attached hydrogen (secondary N) is 1. The Morgan fingerprint density at radius 3 is 2.62 bits per heavy atom. The van der Waals surface area contributed by atoms with Crippen LogP contribution in [0.3, 0.4) is 0 Å². The second-order valence-electron chi connectivity index (χ2n) is 7.04. The third-order valence-electron chi connectivity index (χ3n) is 4.29. The molecule has 0 atom stereocenters. The molecule has 1 N–H and O–H groups in total. The molecule has 1 heterocycles. The van der Waals surface area contributed by atoms with E-state index in [1.807, 2.05) is 37.3 Å². The van der Waals surface area contributed by atoms with E-state index >= 15 is 0 Å². The molecule has 26 heavy (non-hydrogen) atoms. The number of carbonyl (C=O) groups is 2. The molecule has 0 spiro atoms. The lowest BCUT2D eigenvalue weighted by Gasteiger charge is -2.29. The molecular weight excluding hydrogens is 328 g/mol. The Morgan fingerprint density at radius 1 is 1.19 bits per heavy atom. The van der Waals surface area contributed by atoms with Gasteiger partial charge in [0.2, 0.25) is 0 Å². The van der Waals surface area contributed by atoms with E-state index in [1.165, 1.54) is 0 Å². The number of hydrogen-bond donors (Lipinski definition) is 1. The van der Waals surface area contributed by atoms with E-state index in [4.69, 9.17) is 4.74 Å². The molecule has 3 rings (SSSR count). The van der Waals surface area contributed by atoms with Crippen molar-refractivity contribution in [2.24, 2.45) is 5.92 Å². The molecule has 0 saturated carbocycles. The highest BCUT2D eigenvalue weighted by molar-refractivity contribution is 5.98. The number of carbonyl (C=O) groups excluding carboxylic acids is 2. The Bertz CT molecular complexity index is 813. The van der Waals surface area contributed by atoms with Gasteiger partial charge in [-0.1, -0.05) is 32.0 Å². The van der Waals surface area contributed by atoms with Crippen molar-refractivity contribution in [1.29, 1.82) is 0 Å². The minimum absolute atomic E-state index is 0.0474. The average molecular weight is 352 g/mol. The number of rotatable bonds is 5. The van der Waals surface area contributed by atoms with Gasteiger partial charge in [0.15, 0.2) is 6.61 Å². The third-order valence-corrected chi connectivity index (χ3v) is 4.29. The Hall–Kier alpha value is -2.82. The summed E-state index contributed by atoms with van der Waals surface area (Å²) in [7, 11) is 0. The number of amides is 2. The van der Waals surface area contributed by atoms with Gasteiger partial charge >= 0.3 is 0 Å². The van der Waals surface area contributed by atoms with Crippen LogP contribution in [0, 0.1) is 12.8 Å². The number of aryl methyl sites for hydroxylation is 1. The van der Waals surface area contributed by atoms with Crippen LogP contribution >= 0.6 is 0 Å². The number of nitrogens with zero attached hydrogens (tertiary/aromatic N) is 1. The van der Waals surface area contributed by atoms with Crippen molar-refractivity contribution in [2.45, 2.75) is 27.3 Å². The highest BCUT2D eigenvalue weighted by Gasteiger charge is 2.25. The molecule has 1 aliphatic rings. The van der Waals surface area contributed by atoms with Gasteiger partial charge in [-0.15, -0.1) is 0 Å². The number of hydrogen-bond acceptors (Lipinski definition) is 3. The van der Waals surface area contributed by atoms with Crippen LogP contribution in [0.5, 0.6) is 5.75 Å². The van der Waals surface area contributed by atoms with E-state index in [1.54, 1.807) is 17.0 Å². The zero-order valence-electron chi connectivity index (χ0n) is 15.4. The van der Waals surface area contributed by atoms with Crippen LogP contribution in [-0.2, 0) is 11.3 Å². The second-order valence-corrected chi connectivity index (χ2v) is 7.04. The molecule has 0 aromatic heterocycles. The molecule has 5 nitrogen and oxygen atoms in total. The normalized spacial score (nSPS) is 13.4. The summed E-state index contributed by atoms with van der Waals surface area (Å²) in [5, 5.41) is 2.91. The number of benzene rings is 2. The Kier molecular flexibility index (Phi) is 5.26. The summed E-state index contributed by atoms with van der Waals surface area (Å²) in [4.78, 5) is 26.2. The molecule has 1 aliphatic heterocycles. The van der Waals surface area contributed by atoms with E-state index in [2.05, 4.69) is 19.2 Å². The second kappa shape index (κ2) is 7.60. The maximum absolute atomic E-state index is 12.3. The van der Waals surface area contributed by atoms with Gasteiger partial charge in [0.1, 0.15) is 5.75 Å². The van der Waals surface area contributed by atoms with Crippen molar-refractivity contribution in [3.05, 3.63) is 59.2 Å². The van der Waals surface area contributed by atoms with Gasteiger partial charge in [-0.3, -0.25) is 9.59 Å². The van der Waals surface area contributed by atoms with Gasteiger partial charge in [0.05, 0.1) is 12.2 Å². The topological polar surface area (TPSA) is 58.6 Å². The highest BCUT2D eigenvalue weighted by Crippen LogP contribution is 2.33. The summed E-state index contributed by atoms with van der Waals surface area (Å²) in [5.41, 5.74) is 3.45. The molecule has 0 aliphatic carbocycles. The molecule has 2 amide bonds. The maximum atomic E-state index is 12.3. The zero-order chi connectivity index (χ0) is 18.7. The Labute approximate surface area is 154 Å². The van der Waals surface area contributed by atoms with Gasteiger partial charge in [0.25, 0.3) is 11.8 Å². The Morgan fingerprint density at radius 2 is 1.92 bits per heavy atom. The van der Waals surface area contributed by atoms with Crippen molar-refractivity contribution in [2.75, 3.05) is 18.1 Å². The summed E-state index contributed by atoms with van der Waals surface area (Å²) in [6.45, 7) is 7.25. The van der Waals surface area contributed by atoms with Gasteiger partial charge in [-0.25, -0.2) is 0 Å². The molecule has 5 heteroatoms. The first-order valence-electron chi connectivity index (χ1n) is 8.85. The van der Waals surface area contributed by atoms with Crippen LogP contribution in [0.1, 0.15) is 35.3 Å². The molecule has 136 valence electrons. The predicted molar refractivity (Wildman–Crippen MR) is 101 cm³/mol. The average Bonchev–Trinajstić information content (AvgIpc) is 2.62. The molecule has 2 aromatic carbocycles. The standard InChI is InChI=1S/C21H24N2O3/c1-14(2)11-22-21(25)17-7-5-16(6-8-17)12-23-18-10-15(3)4-9-19(18)26-13-20(23)24/h4-10,14H,11-13H2,1-3H3,(H,22,25). The Balaban J connectivity index is 1.74. The van der Waals surface area contributed by atoms with E-state index in [9.17, 15) is 9.59 Å². The third kappa shape index (κ3) is 4.04. The summed E-state index contributed by atoms with van der Waals surface area (Å²) >= 11 is 0. The summed E-state index contributed by atoms with van der Waals surface area (Å²) in [5.74, 6) is 0.990. The van der Waals surface area contributed by atoms with Crippen molar-refractivity contribution < 1.29 is 14.3 Å². The minimum Gasteiger partial charge on any atom is -0.482 e. The zero-order valence-corrected chi connectivity index (χ0v) is 15.4. The van der Waals surface area contributed by atoms with Crippen LogP contribution in [0.4, 0.5) is 5.69 Å². The molecule has 2 aromatic rings. The van der Waals surface area contributed by atoms with Gasteiger partial charge in [-0.05, 0) is 48.2 Å². The lowest BCUT2D eigenvalue weighted by atomic mass is 10.1. The predicted octanol–water partition coefficient (Wildman–Crippen LogP) is 3.31. The van der Waals surface area contributed by atoms with E-state index in [0.29, 0.717) is 24.6 Å². The summed E-state index contributed by atoms with van der Waals surface area (Å²) in [6.07, 6.45) is 0. The number of fused-ring (bicyclic) bond motifs is 1. The lowest BCUT2D eigenvalue weighted by molar-refractivity contribution is -0.121. The molecule has 0 radical (unpaired) electrons. The molecule has 0 bridgehead atoms. The van der Waals surface area contributed by atoms with Crippen LogP contribution in [0.15, 0.2) is 42.5 Å². The molecule has 0 unspecified atom stereocenters. The largest absolute Gasteiger partial charge is 0.482 e. The summed E-state index contributed by atoms with van der Waals surface area (Å²) in [6, 6.07) is 13.2. The minimum atomic E-state index is -0.0753. The van der Waals surface area contributed by atoms with E-state index < -0.39 is 0 Å². The van der Waals surface area contributed by atoms with E-state index in [0.717, 1.165) is 22.6 Å². The fraction of sp³-hybridized carbons (Fsp3) is 0.333. The molecule has 0 saturated heterocycles. The van der Waals surface area contributed by atoms with Gasteiger partial charge < -0.3 is 15.0 Å². The van der Waals surface area contributed by atoms with Crippen LogP contribution < -0.4 is 15.0 Å². The van der Waals surface area contributed by atoms with Crippen molar-refractivity contribution >= 4 is 17.5 Å². The molecule has 0 fully saturated rings. The number of anilines is 1. The summed E-state index contributed by atoms with van der Waals surface area (Å²) < 4.78 is 5.51. The van der Waals surface area contributed by atoms with Crippen molar-refractivity contribution in [3.63, 3.8) is 0 Å².